The molecule has 2 rings (SSSR count). The van der Waals surface area contributed by atoms with Gasteiger partial charge < -0.3 is 25.3 Å². The molecule has 2 unspecified atom stereocenters. The van der Waals surface area contributed by atoms with E-state index in [0.717, 1.165) is 19.4 Å². The van der Waals surface area contributed by atoms with Crippen molar-refractivity contribution in [3.05, 3.63) is 18.2 Å². The molecule has 1 aliphatic rings. The lowest BCUT2D eigenvalue weighted by molar-refractivity contribution is -0.128. The van der Waals surface area contributed by atoms with E-state index in [9.17, 15) is 4.79 Å². The highest BCUT2D eigenvalue weighted by Crippen LogP contribution is 2.24. The van der Waals surface area contributed by atoms with Crippen molar-refractivity contribution in [3.8, 4) is 5.75 Å². The van der Waals surface area contributed by atoms with Gasteiger partial charge >= 0.3 is 0 Å². The Morgan fingerprint density at radius 3 is 3.00 bits per heavy atom. The zero-order valence-electron chi connectivity index (χ0n) is 12.4. The SMILES string of the molecule is COc1ccc(NC(=O)C(C)OCC2CCCO2)cc1N. The highest BCUT2D eigenvalue weighted by molar-refractivity contribution is 5.94. The monoisotopic (exact) mass is 294 g/mol. The van der Waals surface area contributed by atoms with Gasteiger partial charge in [0.2, 0.25) is 0 Å². The van der Waals surface area contributed by atoms with Crippen LogP contribution in [0.15, 0.2) is 18.2 Å². The summed E-state index contributed by atoms with van der Waals surface area (Å²) in [7, 11) is 1.55. The molecule has 3 N–H and O–H groups in total. The van der Waals surface area contributed by atoms with Gasteiger partial charge in [-0.25, -0.2) is 0 Å². The maximum Gasteiger partial charge on any atom is 0.253 e. The molecule has 1 aliphatic heterocycles. The number of nitrogens with one attached hydrogen (secondary N) is 1. The largest absolute Gasteiger partial charge is 0.495 e. The summed E-state index contributed by atoms with van der Waals surface area (Å²) in [6, 6.07) is 5.10. The topological polar surface area (TPSA) is 82.8 Å². The van der Waals surface area contributed by atoms with Gasteiger partial charge in [-0.3, -0.25) is 4.79 Å². The van der Waals surface area contributed by atoms with E-state index >= 15 is 0 Å². The third-order valence-electron chi connectivity index (χ3n) is 3.42. The molecule has 0 radical (unpaired) electrons. The molecule has 116 valence electrons. The van der Waals surface area contributed by atoms with Crippen molar-refractivity contribution >= 4 is 17.3 Å². The van der Waals surface area contributed by atoms with Crippen LogP contribution >= 0.6 is 0 Å². The first kappa shape index (κ1) is 15.6. The molecular formula is C15H22N2O4. The second kappa shape index (κ2) is 7.28. The number of anilines is 2. The minimum Gasteiger partial charge on any atom is -0.495 e. The van der Waals surface area contributed by atoms with Gasteiger partial charge in [-0.05, 0) is 38.0 Å². The number of hydrogen-bond acceptors (Lipinski definition) is 5. The molecule has 0 aliphatic carbocycles. The third kappa shape index (κ3) is 4.34. The van der Waals surface area contributed by atoms with Crippen LogP contribution in [0.1, 0.15) is 19.8 Å². The number of amides is 1. The van der Waals surface area contributed by atoms with Gasteiger partial charge in [-0.1, -0.05) is 0 Å². The first-order valence-electron chi connectivity index (χ1n) is 7.07. The first-order chi connectivity index (χ1) is 10.1. The third-order valence-corrected chi connectivity index (χ3v) is 3.42. The van der Waals surface area contributed by atoms with Crippen LogP contribution in [0.2, 0.25) is 0 Å². The van der Waals surface area contributed by atoms with Crippen molar-refractivity contribution in [2.24, 2.45) is 0 Å². The summed E-state index contributed by atoms with van der Waals surface area (Å²) in [5.41, 5.74) is 6.89. The van der Waals surface area contributed by atoms with Gasteiger partial charge in [-0.15, -0.1) is 0 Å². The fourth-order valence-electron chi connectivity index (χ4n) is 2.16. The maximum absolute atomic E-state index is 12.0. The zero-order valence-corrected chi connectivity index (χ0v) is 12.4. The Morgan fingerprint density at radius 1 is 1.57 bits per heavy atom. The van der Waals surface area contributed by atoms with Crippen molar-refractivity contribution in [1.29, 1.82) is 0 Å². The van der Waals surface area contributed by atoms with Crippen LogP contribution < -0.4 is 15.8 Å². The van der Waals surface area contributed by atoms with E-state index in [0.29, 0.717) is 23.7 Å². The van der Waals surface area contributed by atoms with Crippen molar-refractivity contribution in [2.45, 2.75) is 32.0 Å². The van der Waals surface area contributed by atoms with Gasteiger partial charge in [0.05, 0.1) is 25.5 Å². The molecule has 6 heteroatoms. The fourth-order valence-corrected chi connectivity index (χ4v) is 2.16. The summed E-state index contributed by atoms with van der Waals surface area (Å²) in [5, 5.41) is 2.77. The molecule has 1 aromatic rings. The highest BCUT2D eigenvalue weighted by atomic mass is 16.5. The summed E-state index contributed by atoms with van der Waals surface area (Å²) in [4.78, 5) is 12.0. The van der Waals surface area contributed by atoms with Gasteiger partial charge in [-0.2, -0.15) is 0 Å². The number of nitrogen functional groups attached to an aromatic ring is 1. The van der Waals surface area contributed by atoms with Crippen molar-refractivity contribution in [2.75, 3.05) is 31.4 Å². The molecule has 0 aromatic heterocycles. The van der Waals surface area contributed by atoms with E-state index in [1.165, 1.54) is 0 Å². The summed E-state index contributed by atoms with van der Waals surface area (Å²) < 4.78 is 16.1. The number of carbonyl (C=O) groups is 1. The number of hydrogen-bond donors (Lipinski definition) is 2. The molecule has 2 atom stereocenters. The lowest BCUT2D eigenvalue weighted by Crippen LogP contribution is -2.30. The molecular weight excluding hydrogens is 272 g/mol. The minimum absolute atomic E-state index is 0.108. The fraction of sp³-hybridized carbons (Fsp3) is 0.533. The Hall–Kier alpha value is -1.79. The molecule has 0 saturated carbocycles. The van der Waals surface area contributed by atoms with E-state index < -0.39 is 6.10 Å². The summed E-state index contributed by atoms with van der Waals surface area (Å²) in [6.45, 7) is 2.94. The second-order valence-electron chi connectivity index (χ2n) is 5.06. The maximum atomic E-state index is 12.0. The zero-order chi connectivity index (χ0) is 15.2. The van der Waals surface area contributed by atoms with Crippen LogP contribution in [-0.4, -0.2) is 38.4 Å². The highest BCUT2D eigenvalue weighted by Gasteiger charge is 2.20. The Balaban J connectivity index is 1.83. The van der Waals surface area contributed by atoms with Crippen LogP contribution in [0.4, 0.5) is 11.4 Å². The Bertz CT molecular complexity index is 487. The number of rotatable bonds is 6. The van der Waals surface area contributed by atoms with E-state index in [2.05, 4.69) is 5.32 Å². The van der Waals surface area contributed by atoms with Gasteiger partial charge in [0.15, 0.2) is 0 Å². The normalized spacial score (nSPS) is 19.2. The molecule has 0 spiro atoms. The Morgan fingerprint density at radius 2 is 2.38 bits per heavy atom. The van der Waals surface area contributed by atoms with Crippen LogP contribution in [-0.2, 0) is 14.3 Å². The lowest BCUT2D eigenvalue weighted by atomic mass is 10.2. The van der Waals surface area contributed by atoms with Gasteiger partial charge in [0.25, 0.3) is 5.91 Å². The molecule has 1 heterocycles. The molecule has 0 bridgehead atoms. The molecule has 1 fully saturated rings. The van der Waals surface area contributed by atoms with E-state index in [-0.39, 0.29) is 12.0 Å². The minimum atomic E-state index is -0.544. The number of methoxy groups -OCH3 is 1. The Kier molecular flexibility index (Phi) is 5.41. The van der Waals surface area contributed by atoms with Crippen LogP contribution in [0, 0.1) is 0 Å². The van der Waals surface area contributed by atoms with Gasteiger partial charge in [0, 0.05) is 12.3 Å². The lowest BCUT2D eigenvalue weighted by Gasteiger charge is -2.16. The van der Waals surface area contributed by atoms with Crippen LogP contribution in [0.25, 0.3) is 0 Å². The van der Waals surface area contributed by atoms with E-state index in [1.54, 1.807) is 32.2 Å². The number of carbonyl (C=O) groups excluding carboxylic acids is 1. The smallest absolute Gasteiger partial charge is 0.253 e. The number of ether oxygens (including phenoxy) is 3. The van der Waals surface area contributed by atoms with Crippen molar-refractivity contribution < 1.29 is 19.0 Å². The number of nitrogens with two attached hydrogens (primary N) is 1. The average molecular weight is 294 g/mol. The predicted octanol–water partition coefficient (Wildman–Crippen LogP) is 1.80. The Labute approximate surface area is 124 Å². The number of benzene rings is 1. The van der Waals surface area contributed by atoms with Crippen LogP contribution in [0.5, 0.6) is 5.75 Å². The second-order valence-corrected chi connectivity index (χ2v) is 5.06. The standard InChI is InChI=1S/C15H22N2O4/c1-10(21-9-12-4-3-7-20-12)15(18)17-11-5-6-14(19-2)13(16)8-11/h5-6,8,10,12H,3-4,7,9,16H2,1-2H3,(H,17,18). The summed E-state index contributed by atoms with van der Waals surface area (Å²) in [5.74, 6) is 0.369. The summed E-state index contributed by atoms with van der Waals surface area (Å²) >= 11 is 0. The van der Waals surface area contributed by atoms with E-state index in [1.807, 2.05) is 0 Å². The summed E-state index contributed by atoms with van der Waals surface area (Å²) in [6.07, 6.45) is 1.61. The first-order valence-corrected chi connectivity index (χ1v) is 7.07. The van der Waals surface area contributed by atoms with Crippen molar-refractivity contribution in [3.63, 3.8) is 0 Å². The van der Waals surface area contributed by atoms with Crippen molar-refractivity contribution in [1.82, 2.24) is 0 Å². The molecule has 1 aromatic carbocycles. The molecule has 21 heavy (non-hydrogen) atoms. The van der Waals surface area contributed by atoms with E-state index in [4.69, 9.17) is 19.9 Å². The van der Waals surface area contributed by atoms with Gasteiger partial charge in [0.1, 0.15) is 11.9 Å². The molecule has 6 nitrogen and oxygen atoms in total. The quantitative estimate of drug-likeness (QED) is 0.782. The molecule has 1 saturated heterocycles. The molecule has 1 amide bonds. The van der Waals surface area contributed by atoms with Crippen LogP contribution in [0.3, 0.4) is 0 Å². The predicted molar refractivity (Wildman–Crippen MR) is 80.4 cm³/mol. The average Bonchev–Trinajstić information content (AvgIpc) is 2.98.